The molecule has 8 atom stereocenters. The van der Waals surface area contributed by atoms with E-state index in [0.717, 1.165) is 30.6 Å². The number of hydrogen-bond donors (Lipinski definition) is 2. The molecule has 0 heterocycles. The molecule has 0 spiro atoms. The van der Waals surface area contributed by atoms with Gasteiger partial charge in [0.2, 0.25) is 0 Å². The molecule has 0 aliphatic heterocycles. The van der Waals surface area contributed by atoms with Crippen molar-refractivity contribution in [2.24, 2.45) is 34.5 Å². The zero-order chi connectivity index (χ0) is 16.4. The van der Waals surface area contributed by atoms with E-state index < -0.39 is 0 Å². The lowest BCUT2D eigenvalue weighted by atomic mass is 9.47. The summed E-state index contributed by atoms with van der Waals surface area (Å²) in [6, 6.07) is 0. The molecule has 0 bridgehead atoms. The van der Waals surface area contributed by atoms with Gasteiger partial charge in [0.15, 0.2) is 0 Å². The zero-order valence-electron chi connectivity index (χ0n) is 15.1. The summed E-state index contributed by atoms with van der Waals surface area (Å²) in [7, 11) is 0. The lowest BCUT2D eigenvalue weighted by Gasteiger charge is -2.58. The molecule has 4 aliphatic carbocycles. The van der Waals surface area contributed by atoms with Crippen molar-refractivity contribution in [3.05, 3.63) is 11.6 Å². The smallest absolute Gasteiger partial charge is 0.0577 e. The molecule has 2 N–H and O–H groups in total. The first-order valence-electron chi connectivity index (χ1n) is 9.92. The minimum Gasteiger partial charge on any atom is -0.393 e. The molecule has 4 rings (SSSR count). The van der Waals surface area contributed by atoms with E-state index in [9.17, 15) is 10.2 Å². The largest absolute Gasteiger partial charge is 0.393 e. The second-order valence-electron chi connectivity index (χ2n) is 9.62. The lowest BCUT2D eigenvalue weighted by Crippen LogP contribution is -2.51. The van der Waals surface area contributed by atoms with Crippen LogP contribution in [0.15, 0.2) is 11.6 Å². The van der Waals surface area contributed by atoms with Crippen LogP contribution in [0.2, 0.25) is 0 Å². The Kier molecular flexibility index (Phi) is 3.74. The monoisotopic (exact) mass is 318 g/mol. The minimum absolute atomic E-state index is 0.106. The molecule has 23 heavy (non-hydrogen) atoms. The van der Waals surface area contributed by atoms with Gasteiger partial charge in [-0.2, -0.15) is 0 Å². The van der Waals surface area contributed by atoms with Crippen molar-refractivity contribution >= 4 is 0 Å². The van der Waals surface area contributed by atoms with Gasteiger partial charge in [0.25, 0.3) is 0 Å². The van der Waals surface area contributed by atoms with Crippen LogP contribution in [0.25, 0.3) is 0 Å². The first-order valence-corrected chi connectivity index (χ1v) is 9.92. The third kappa shape index (κ3) is 2.20. The molecule has 0 radical (unpaired) electrons. The van der Waals surface area contributed by atoms with Crippen LogP contribution in [-0.4, -0.2) is 22.4 Å². The summed E-state index contributed by atoms with van der Waals surface area (Å²) in [5.41, 5.74) is 2.25. The van der Waals surface area contributed by atoms with E-state index in [1.54, 1.807) is 5.57 Å². The van der Waals surface area contributed by atoms with Crippen LogP contribution in [-0.2, 0) is 0 Å². The average molecular weight is 319 g/mol. The van der Waals surface area contributed by atoms with Crippen molar-refractivity contribution in [2.75, 3.05) is 0 Å². The molecule has 0 aromatic carbocycles. The molecule has 4 aliphatic rings. The first kappa shape index (κ1) is 16.1. The molecule has 0 saturated heterocycles. The maximum absolute atomic E-state index is 10.3. The fourth-order valence-corrected chi connectivity index (χ4v) is 7.47. The average Bonchev–Trinajstić information content (AvgIpc) is 2.85. The summed E-state index contributed by atoms with van der Waals surface area (Å²) in [4.78, 5) is 0. The maximum atomic E-state index is 10.3. The van der Waals surface area contributed by atoms with Crippen LogP contribution in [0.3, 0.4) is 0 Å². The quantitative estimate of drug-likeness (QED) is 0.707. The van der Waals surface area contributed by atoms with Crippen molar-refractivity contribution in [3.8, 4) is 0 Å². The molecule has 130 valence electrons. The Bertz CT molecular complexity index is 510. The highest BCUT2D eigenvalue weighted by Crippen LogP contribution is 2.66. The van der Waals surface area contributed by atoms with E-state index in [2.05, 4.69) is 19.9 Å². The molecule has 2 heteroatoms. The van der Waals surface area contributed by atoms with E-state index in [0.29, 0.717) is 16.7 Å². The first-order chi connectivity index (χ1) is 10.9. The molecule has 3 fully saturated rings. The topological polar surface area (TPSA) is 40.5 Å². The number of rotatable bonds is 1. The molecular formula is C21H34O2. The number of aliphatic hydroxyl groups is 2. The van der Waals surface area contributed by atoms with Crippen molar-refractivity contribution < 1.29 is 10.2 Å². The second kappa shape index (κ2) is 5.33. The van der Waals surface area contributed by atoms with Crippen LogP contribution >= 0.6 is 0 Å². The minimum atomic E-state index is -0.156. The summed E-state index contributed by atoms with van der Waals surface area (Å²) in [6.07, 6.45) is 11.7. The SMILES string of the molecule is CC(O)C1CC[C@H]2[C@@H]3CC=C4C[C@@H](O)CC[C@]4(C)[C@H]3CC[C@]12C. The van der Waals surface area contributed by atoms with Gasteiger partial charge in [-0.05, 0) is 92.8 Å². The molecule has 0 aromatic rings. The van der Waals surface area contributed by atoms with Crippen LogP contribution in [0.5, 0.6) is 0 Å². The predicted octanol–water partition coefficient (Wildman–Crippen LogP) is 4.31. The van der Waals surface area contributed by atoms with Gasteiger partial charge in [0, 0.05) is 0 Å². The highest BCUT2D eigenvalue weighted by Gasteiger charge is 2.59. The van der Waals surface area contributed by atoms with Gasteiger partial charge in [-0.3, -0.25) is 0 Å². The second-order valence-corrected chi connectivity index (χ2v) is 9.62. The van der Waals surface area contributed by atoms with Crippen LogP contribution in [0.1, 0.15) is 72.1 Å². The summed E-state index contributed by atoms with van der Waals surface area (Å²) >= 11 is 0. The molecule has 0 amide bonds. The van der Waals surface area contributed by atoms with E-state index in [4.69, 9.17) is 0 Å². The Morgan fingerprint density at radius 2 is 1.87 bits per heavy atom. The fraction of sp³-hybridized carbons (Fsp3) is 0.905. The summed E-state index contributed by atoms with van der Waals surface area (Å²) in [6.45, 7) is 6.98. The highest BCUT2D eigenvalue weighted by molar-refractivity contribution is 5.25. The zero-order valence-corrected chi connectivity index (χ0v) is 15.1. The van der Waals surface area contributed by atoms with Gasteiger partial charge < -0.3 is 10.2 Å². The van der Waals surface area contributed by atoms with E-state index in [1.165, 1.54) is 38.5 Å². The van der Waals surface area contributed by atoms with Crippen LogP contribution in [0, 0.1) is 34.5 Å². The van der Waals surface area contributed by atoms with Gasteiger partial charge >= 0.3 is 0 Å². The molecular weight excluding hydrogens is 284 g/mol. The Morgan fingerprint density at radius 3 is 2.61 bits per heavy atom. The van der Waals surface area contributed by atoms with Gasteiger partial charge in [0.1, 0.15) is 0 Å². The van der Waals surface area contributed by atoms with Gasteiger partial charge in [0.05, 0.1) is 12.2 Å². The van der Waals surface area contributed by atoms with Crippen molar-refractivity contribution in [1.82, 2.24) is 0 Å². The van der Waals surface area contributed by atoms with Crippen LogP contribution < -0.4 is 0 Å². The summed E-state index contributed by atoms with van der Waals surface area (Å²) in [5.74, 6) is 2.91. The van der Waals surface area contributed by atoms with Gasteiger partial charge in [-0.1, -0.05) is 25.5 Å². The van der Waals surface area contributed by atoms with E-state index >= 15 is 0 Å². The Hall–Kier alpha value is -0.340. The van der Waals surface area contributed by atoms with Gasteiger partial charge in [-0.15, -0.1) is 0 Å². The standard InChI is InChI=1S/C21H34O2/c1-13(22)17-6-7-18-16-5-4-14-12-15(23)8-10-20(14,2)19(16)9-11-21(17,18)3/h4,13,15-19,22-23H,5-12H2,1-3H3/t13?,15-,16-,17?,18-,19-,20-,21+/m0/s1. The van der Waals surface area contributed by atoms with Crippen molar-refractivity contribution in [1.29, 1.82) is 0 Å². The molecule has 2 nitrogen and oxygen atoms in total. The normalized spacial score (nSPS) is 53.8. The number of hydrogen-bond acceptors (Lipinski definition) is 2. The van der Waals surface area contributed by atoms with E-state index in [-0.39, 0.29) is 12.2 Å². The molecule has 2 unspecified atom stereocenters. The van der Waals surface area contributed by atoms with E-state index in [1.807, 2.05) is 6.92 Å². The third-order valence-corrected chi connectivity index (χ3v) is 8.73. The summed E-state index contributed by atoms with van der Waals surface area (Å²) in [5, 5.41) is 20.4. The Labute approximate surface area is 141 Å². The number of aliphatic hydroxyl groups excluding tert-OH is 2. The number of allylic oxidation sites excluding steroid dienone is 1. The van der Waals surface area contributed by atoms with Crippen LogP contribution in [0.4, 0.5) is 0 Å². The summed E-state index contributed by atoms with van der Waals surface area (Å²) < 4.78 is 0. The maximum Gasteiger partial charge on any atom is 0.0577 e. The Morgan fingerprint density at radius 1 is 1.09 bits per heavy atom. The lowest BCUT2D eigenvalue weighted by molar-refractivity contribution is -0.0675. The fourth-order valence-electron chi connectivity index (χ4n) is 7.47. The number of fused-ring (bicyclic) bond motifs is 5. The molecule has 3 saturated carbocycles. The van der Waals surface area contributed by atoms with Crippen molar-refractivity contribution in [3.63, 3.8) is 0 Å². The van der Waals surface area contributed by atoms with Gasteiger partial charge in [-0.25, -0.2) is 0 Å². The third-order valence-electron chi connectivity index (χ3n) is 8.73. The predicted molar refractivity (Wildman–Crippen MR) is 92.9 cm³/mol. The Balaban J connectivity index is 1.65. The highest BCUT2D eigenvalue weighted by atomic mass is 16.3. The molecule has 0 aromatic heterocycles. The van der Waals surface area contributed by atoms with Crippen molar-refractivity contribution in [2.45, 2.75) is 84.3 Å².